The van der Waals surface area contributed by atoms with E-state index in [1.165, 1.54) is 38.5 Å². The van der Waals surface area contributed by atoms with Crippen LogP contribution < -0.4 is 0 Å². The summed E-state index contributed by atoms with van der Waals surface area (Å²) < 4.78 is 0. The molecular weight excluding hydrogens is 256 g/mol. The van der Waals surface area contributed by atoms with Gasteiger partial charge in [0.05, 0.1) is 0 Å². The average Bonchev–Trinajstić information content (AvgIpc) is 2.93. The number of fused-ring (bicyclic) bond motifs is 5. The van der Waals surface area contributed by atoms with Crippen LogP contribution in [0.2, 0.25) is 0 Å². The van der Waals surface area contributed by atoms with E-state index in [0.717, 1.165) is 30.6 Å². The highest BCUT2D eigenvalue weighted by Crippen LogP contribution is 2.66. The highest BCUT2D eigenvalue weighted by atomic mass is 16.1. The van der Waals surface area contributed by atoms with E-state index in [1.54, 1.807) is 5.57 Å². The van der Waals surface area contributed by atoms with Gasteiger partial charge in [-0.3, -0.25) is 4.79 Å². The molecule has 0 saturated heterocycles. The third kappa shape index (κ3) is 1.72. The second-order valence-corrected chi connectivity index (χ2v) is 8.85. The van der Waals surface area contributed by atoms with Gasteiger partial charge in [0.2, 0.25) is 0 Å². The molecule has 1 nitrogen and oxygen atoms in total. The first-order valence-electron chi connectivity index (χ1n) is 9.20. The molecule has 0 radical (unpaired) electrons. The van der Waals surface area contributed by atoms with Crippen LogP contribution in [0.15, 0.2) is 11.6 Å². The predicted octanol–water partition coefficient (Wildman–Crippen LogP) is 5.15. The van der Waals surface area contributed by atoms with Gasteiger partial charge in [-0.1, -0.05) is 32.4 Å². The summed E-state index contributed by atoms with van der Waals surface area (Å²) in [7, 11) is 0. The van der Waals surface area contributed by atoms with Gasteiger partial charge in [-0.2, -0.15) is 0 Å². The maximum absolute atomic E-state index is 12.1. The van der Waals surface area contributed by atoms with E-state index >= 15 is 0 Å². The maximum atomic E-state index is 12.1. The smallest absolute Gasteiger partial charge is 0.133 e. The van der Waals surface area contributed by atoms with E-state index in [-0.39, 0.29) is 0 Å². The van der Waals surface area contributed by atoms with Crippen LogP contribution in [0.25, 0.3) is 0 Å². The lowest BCUT2D eigenvalue weighted by molar-refractivity contribution is -0.118. The molecule has 0 spiro atoms. The summed E-state index contributed by atoms with van der Waals surface area (Å²) in [5.41, 5.74) is 2.57. The van der Waals surface area contributed by atoms with E-state index in [0.29, 0.717) is 22.5 Å². The van der Waals surface area contributed by atoms with Crippen molar-refractivity contribution in [3.63, 3.8) is 0 Å². The molecule has 21 heavy (non-hydrogen) atoms. The second kappa shape index (κ2) is 4.46. The monoisotopic (exact) mass is 286 g/mol. The summed E-state index contributed by atoms with van der Waals surface area (Å²) in [6, 6.07) is 0. The van der Waals surface area contributed by atoms with Crippen LogP contribution in [0.4, 0.5) is 0 Å². The van der Waals surface area contributed by atoms with Gasteiger partial charge in [-0.05, 0) is 73.0 Å². The molecule has 0 heterocycles. The van der Waals surface area contributed by atoms with Crippen LogP contribution in [0, 0.1) is 34.5 Å². The molecule has 4 rings (SSSR count). The summed E-state index contributed by atoms with van der Waals surface area (Å²) >= 11 is 0. The first kappa shape index (κ1) is 14.0. The lowest BCUT2D eigenvalue weighted by Crippen LogP contribution is -2.49. The fourth-order valence-corrected chi connectivity index (χ4v) is 7.12. The Morgan fingerprint density at radius 2 is 2.00 bits per heavy atom. The normalized spacial score (nSPS) is 52.1. The maximum Gasteiger partial charge on any atom is 0.133 e. The van der Waals surface area contributed by atoms with Gasteiger partial charge in [-0.25, -0.2) is 0 Å². The number of Topliss-reactive ketones (excluding diaryl/α,β-unsaturated/α-hetero) is 1. The van der Waals surface area contributed by atoms with E-state index in [2.05, 4.69) is 26.8 Å². The molecule has 4 aliphatic carbocycles. The van der Waals surface area contributed by atoms with Crippen molar-refractivity contribution >= 4 is 5.78 Å². The first-order chi connectivity index (χ1) is 9.99. The van der Waals surface area contributed by atoms with Crippen LogP contribution in [-0.4, -0.2) is 5.78 Å². The van der Waals surface area contributed by atoms with Crippen LogP contribution in [0.3, 0.4) is 0 Å². The fourth-order valence-electron chi connectivity index (χ4n) is 7.12. The Labute approximate surface area is 129 Å². The van der Waals surface area contributed by atoms with Crippen LogP contribution in [0.5, 0.6) is 0 Å². The van der Waals surface area contributed by atoms with Crippen molar-refractivity contribution < 1.29 is 4.79 Å². The third-order valence-electron chi connectivity index (χ3n) is 8.24. The number of ketones is 1. The van der Waals surface area contributed by atoms with E-state index in [4.69, 9.17) is 0 Å². The van der Waals surface area contributed by atoms with Gasteiger partial charge in [-0.15, -0.1) is 0 Å². The molecule has 0 aromatic heterocycles. The molecule has 0 aromatic carbocycles. The van der Waals surface area contributed by atoms with E-state index < -0.39 is 0 Å². The Bertz CT molecular complexity index is 504. The quantitative estimate of drug-likeness (QED) is 0.609. The number of hydrogen-bond acceptors (Lipinski definition) is 1. The Kier molecular flexibility index (Phi) is 2.98. The number of rotatable bonds is 1. The molecule has 3 fully saturated rings. The Morgan fingerprint density at radius 1 is 1.19 bits per heavy atom. The summed E-state index contributed by atoms with van der Waals surface area (Å²) in [5, 5.41) is 0. The minimum atomic E-state index is 0.344. The number of carbonyl (C=O) groups excluding carboxylic acids is 1. The predicted molar refractivity (Wildman–Crippen MR) is 85.9 cm³/mol. The van der Waals surface area contributed by atoms with Gasteiger partial charge < -0.3 is 0 Å². The molecule has 0 amide bonds. The number of carbonyl (C=O) groups is 1. The largest absolute Gasteiger partial charge is 0.300 e. The van der Waals surface area contributed by atoms with Gasteiger partial charge in [0.15, 0.2) is 0 Å². The van der Waals surface area contributed by atoms with Crippen molar-refractivity contribution in [2.75, 3.05) is 0 Å². The first-order valence-corrected chi connectivity index (χ1v) is 9.20. The molecule has 1 heteroatoms. The van der Waals surface area contributed by atoms with Gasteiger partial charge in [0, 0.05) is 12.8 Å². The summed E-state index contributed by atoms with van der Waals surface area (Å²) in [4.78, 5) is 12.1. The molecule has 0 N–H and O–H groups in total. The van der Waals surface area contributed by atoms with Gasteiger partial charge in [0.1, 0.15) is 5.78 Å². The van der Waals surface area contributed by atoms with Gasteiger partial charge in [0.25, 0.3) is 0 Å². The summed E-state index contributed by atoms with van der Waals surface area (Å²) in [6.45, 7) is 7.34. The van der Waals surface area contributed by atoms with E-state index in [9.17, 15) is 4.79 Å². The number of allylic oxidation sites excluding steroid dienone is 2. The lowest BCUT2D eigenvalue weighted by atomic mass is 9.47. The SMILES string of the molecule is CCC1=CCC2C3CCC4CC(=O)CC4(C)C3CCC12C. The zero-order valence-electron chi connectivity index (χ0n) is 14.0. The molecule has 4 aliphatic rings. The molecule has 0 aromatic rings. The minimum absolute atomic E-state index is 0.344. The summed E-state index contributed by atoms with van der Waals surface area (Å²) in [6.07, 6.45) is 12.3. The molecule has 116 valence electrons. The van der Waals surface area contributed by atoms with E-state index in [1.807, 2.05) is 0 Å². The Balaban J connectivity index is 1.65. The van der Waals surface area contributed by atoms with Crippen molar-refractivity contribution in [1.82, 2.24) is 0 Å². The van der Waals surface area contributed by atoms with Crippen molar-refractivity contribution in [2.24, 2.45) is 34.5 Å². The molecule has 0 aliphatic heterocycles. The van der Waals surface area contributed by atoms with Crippen molar-refractivity contribution in [3.05, 3.63) is 11.6 Å². The third-order valence-corrected chi connectivity index (χ3v) is 8.24. The molecular formula is C20H30O. The number of hydrogen-bond donors (Lipinski definition) is 0. The van der Waals surface area contributed by atoms with Crippen molar-refractivity contribution in [2.45, 2.75) is 72.1 Å². The molecule has 6 atom stereocenters. The molecule has 6 unspecified atom stereocenters. The average molecular weight is 286 g/mol. The zero-order valence-corrected chi connectivity index (χ0v) is 14.0. The van der Waals surface area contributed by atoms with Crippen LogP contribution in [0.1, 0.15) is 72.1 Å². The highest BCUT2D eigenvalue weighted by molar-refractivity contribution is 5.82. The van der Waals surface area contributed by atoms with Crippen molar-refractivity contribution in [1.29, 1.82) is 0 Å². The Morgan fingerprint density at radius 3 is 2.76 bits per heavy atom. The highest BCUT2D eigenvalue weighted by Gasteiger charge is 2.59. The topological polar surface area (TPSA) is 17.1 Å². The van der Waals surface area contributed by atoms with Crippen LogP contribution in [-0.2, 0) is 4.79 Å². The van der Waals surface area contributed by atoms with Gasteiger partial charge >= 0.3 is 0 Å². The molecule has 3 saturated carbocycles. The lowest BCUT2D eigenvalue weighted by Gasteiger charge is -2.57. The standard InChI is InChI=1S/C20H30O/c1-4-13-6-8-17-16-7-5-14-11-15(21)12-20(14,3)18(16)9-10-19(13,17)2/h6,14,16-18H,4-5,7-12H2,1-3H3. The minimum Gasteiger partial charge on any atom is -0.300 e. The van der Waals surface area contributed by atoms with Crippen molar-refractivity contribution in [3.8, 4) is 0 Å². The zero-order chi connectivity index (χ0) is 14.8. The Hall–Kier alpha value is -0.590. The second-order valence-electron chi connectivity index (χ2n) is 8.85. The van der Waals surface area contributed by atoms with Crippen LogP contribution >= 0.6 is 0 Å². The molecule has 0 bridgehead atoms. The fraction of sp³-hybridized carbons (Fsp3) is 0.850. The summed E-state index contributed by atoms with van der Waals surface area (Å²) in [5.74, 6) is 3.84.